The van der Waals surface area contributed by atoms with Crippen molar-refractivity contribution in [3.05, 3.63) is 33.2 Å². The number of nitrogens with zero attached hydrogens (tertiary/aromatic N) is 3. The maximum atomic E-state index is 12.3. The van der Waals surface area contributed by atoms with Gasteiger partial charge in [0.25, 0.3) is 5.56 Å². The molecule has 0 aromatic carbocycles. The Morgan fingerprint density at radius 1 is 1.27 bits per heavy atom. The lowest BCUT2D eigenvalue weighted by Crippen LogP contribution is -2.41. The van der Waals surface area contributed by atoms with E-state index in [1.165, 1.54) is 38.6 Å². The van der Waals surface area contributed by atoms with Gasteiger partial charge in [-0.05, 0) is 38.1 Å². The molecule has 0 amide bonds. The van der Waals surface area contributed by atoms with Gasteiger partial charge in [-0.15, -0.1) is 11.3 Å². The molecule has 4 nitrogen and oxygen atoms in total. The topological polar surface area (TPSA) is 37.6 Å². The molecule has 0 radical (unpaired) electrons. The van der Waals surface area contributed by atoms with E-state index in [2.05, 4.69) is 4.90 Å². The Balaban J connectivity index is 1.52. The first kappa shape index (κ1) is 14.4. The van der Waals surface area contributed by atoms with Crippen LogP contribution in [0.5, 0.6) is 0 Å². The Hall–Kier alpha value is -1.20. The van der Waals surface area contributed by atoms with E-state index in [9.17, 15) is 4.79 Å². The smallest absolute Gasteiger partial charge is 0.259 e. The van der Waals surface area contributed by atoms with Gasteiger partial charge >= 0.3 is 0 Å². The molecule has 0 unspecified atom stereocenters. The van der Waals surface area contributed by atoms with Crippen LogP contribution in [0.3, 0.4) is 0 Å². The van der Waals surface area contributed by atoms with Crippen LogP contribution in [0, 0.1) is 18.8 Å². The summed E-state index contributed by atoms with van der Waals surface area (Å²) in [5, 5.41) is 2.00. The first-order chi connectivity index (χ1) is 10.7. The Kier molecular flexibility index (Phi) is 3.78. The number of likely N-dealkylation sites (tertiary alicyclic amines) is 1. The summed E-state index contributed by atoms with van der Waals surface area (Å²) in [6, 6.07) is 1.72. The summed E-state index contributed by atoms with van der Waals surface area (Å²) in [6.07, 6.45) is 6.96. The fraction of sp³-hybridized carbons (Fsp3) is 0.647. The number of rotatable bonds is 2. The molecule has 3 heterocycles. The number of fused-ring (bicyclic) bond motifs is 2. The predicted octanol–water partition coefficient (Wildman–Crippen LogP) is 3.08. The summed E-state index contributed by atoms with van der Waals surface area (Å²) in [4.78, 5) is 20.3. The number of piperidine rings is 1. The van der Waals surface area contributed by atoms with Crippen LogP contribution in [0.25, 0.3) is 4.96 Å². The normalized spacial score (nSPS) is 26.2. The van der Waals surface area contributed by atoms with E-state index in [1.54, 1.807) is 21.8 Å². The van der Waals surface area contributed by atoms with Crippen molar-refractivity contribution in [3.8, 4) is 0 Å². The van der Waals surface area contributed by atoms with Gasteiger partial charge in [0, 0.05) is 30.2 Å². The first-order valence-electron chi connectivity index (χ1n) is 8.40. The van der Waals surface area contributed by atoms with Gasteiger partial charge in [0.05, 0.1) is 5.69 Å². The van der Waals surface area contributed by atoms with Gasteiger partial charge in [-0.3, -0.25) is 14.1 Å². The molecule has 2 aliphatic rings. The Labute approximate surface area is 134 Å². The Bertz CT molecular complexity index is 735. The van der Waals surface area contributed by atoms with E-state index in [1.807, 2.05) is 12.3 Å². The van der Waals surface area contributed by atoms with Gasteiger partial charge < -0.3 is 0 Å². The number of hydrogen-bond donors (Lipinski definition) is 0. The molecule has 0 spiro atoms. The maximum Gasteiger partial charge on any atom is 0.259 e. The summed E-state index contributed by atoms with van der Waals surface area (Å²) < 4.78 is 1.71. The molecule has 0 N–H and O–H groups in total. The molecule has 118 valence electrons. The average molecular weight is 317 g/mol. The zero-order valence-electron chi connectivity index (χ0n) is 13.1. The lowest BCUT2D eigenvalue weighted by Gasteiger charge is -2.41. The van der Waals surface area contributed by atoms with Crippen LogP contribution >= 0.6 is 11.3 Å². The Morgan fingerprint density at radius 2 is 2.09 bits per heavy atom. The summed E-state index contributed by atoms with van der Waals surface area (Å²) in [5.41, 5.74) is 1.97. The van der Waals surface area contributed by atoms with E-state index >= 15 is 0 Å². The second-order valence-corrected chi connectivity index (χ2v) is 7.75. The largest absolute Gasteiger partial charge is 0.297 e. The third kappa shape index (κ3) is 2.61. The molecule has 2 aromatic heterocycles. The van der Waals surface area contributed by atoms with Crippen LogP contribution in [-0.4, -0.2) is 27.4 Å². The highest BCUT2D eigenvalue weighted by Gasteiger charge is 2.31. The molecule has 5 heteroatoms. The summed E-state index contributed by atoms with van der Waals surface area (Å²) in [5.74, 6) is 1.82. The van der Waals surface area contributed by atoms with E-state index in [-0.39, 0.29) is 5.56 Å². The van der Waals surface area contributed by atoms with Gasteiger partial charge in [0.15, 0.2) is 4.96 Å². The number of thiazole rings is 1. The van der Waals surface area contributed by atoms with Crippen LogP contribution in [0.2, 0.25) is 0 Å². The summed E-state index contributed by atoms with van der Waals surface area (Å²) in [6.45, 7) is 5.13. The van der Waals surface area contributed by atoms with Crippen molar-refractivity contribution in [3.63, 3.8) is 0 Å². The second-order valence-electron chi connectivity index (χ2n) is 6.91. The molecule has 0 bridgehead atoms. The molecular weight excluding hydrogens is 294 g/mol. The van der Waals surface area contributed by atoms with E-state index in [4.69, 9.17) is 4.98 Å². The fourth-order valence-electron chi connectivity index (χ4n) is 4.23. The highest BCUT2D eigenvalue weighted by Crippen LogP contribution is 2.36. The lowest BCUT2D eigenvalue weighted by molar-refractivity contribution is 0.0812. The highest BCUT2D eigenvalue weighted by atomic mass is 32.1. The fourth-order valence-corrected chi connectivity index (χ4v) is 5.12. The minimum absolute atomic E-state index is 0.0614. The van der Waals surface area contributed by atoms with Crippen molar-refractivity contribution < 1.29 is 0 Å². The van der Waals surface area contributed by atoms with Crippen LogP contribution in [0.1, 0.15) is 43.5 Å². The van der Waals surface area contributed by atoms with E-state index in [0.717, 1.165) is 41.3 Å². The molecule has 2 atom stereocenters. The van der Waals surface area contributed by atoms with Crippen molar-refractivity contribution in [2.24, 2.45) is 11.8 Å². The monoisotopic (exact) mass is 317 g/mol. The molecule has 1 saturated heterocycles. The van der Waals surface area contributed by atoms with Crippen LogP contribution < -0.4 is 5.56 Å². The Morgan fingerprint density at radius 3 is 2.95 bits per heavy atom. The standard InChI is InChI=1S/C17H23N3OS/c1-12-11-22-17-18-15(8-16(21)20(12)17)10-19-7-6-13-4-2-3-5-14(13)9-19/h8,11,13-14H,2-7,9-10H2,1H3/t13-,14-/m0/s1. The average Bonchev–Trinajstić information content (AvgIpc) is 2.89. The number of hydrogen-bond acceptors (Lipinski definition) is 4. The highest BCUT2D eigenvalue weighted by molar-refractivity contribution is 7.15. The van der Waals surface area contributed by atoms with Crippen molar-refractivity contribution >= 4 is 16.3 Å². The van der Waals surface area contributed by atoms with Crippen molar-refractivity contribution in [2.75, 3.05) is 13.1 Å². The van der Waals surface area contributed by atoms with E-state index < -0.39 is 0 Å². The molecule has 2 aromatic rings. The minimum Gasteiger partial charge on any atom is -0.297 e. The van der Waals surface area contributed by atoms with Gasteiger partial charge in [0.2, 0.25) is 0 Å². The van der Waals surface area contributed by atoms with Gasteiger partial charge in [-0.2, -0.15) is 0 Å². The van der Waals surface area contributed by atoms with Gasteiger partial charge in [-0.25, -0.2) is 4.98 Å². The van der Waals surface area contributed by atoms with Crippen molar-refractivity contribution in [2.45, 2.75) is 45.6 Å². The zero-order valence-corrected chi connectivity index (χ0v) is 13.9. The SMILES string of the molecule is Cc1csc2nc(CN3CC[C@@H]4CCCC[C@H]4C3)cc(=O)n12. The van der Waals surface area contributed by atoms with Crippen LogP contribution in [0.15, 0.2) is 16.2 Å². The van der Waals surface area contributed by atoms with Gasteiger partial charge in [-0.1, -0.05) is 19.3 Å². The zero-order chi connectivity index (χ0) is 15.1. The quantitative estimate of drug-likeness (QED) is 0.854. The molecule has 1 aliphatic carbocycles. The molecule has 4 rings (SSSR count). The summed E-state index contributed by atoms with van der Waals surface area (Å²) in [7, 11) is 0. The van der Waals surface area contributed by atoms with Crippen molar-refractivity contribution in [1.29, 1.82) is 0 Å². The lowest BCUT2D eigenvalue weighted by atomic mass is 9.75. The molecular formula is C17H23N3OS. The van der Waals surface area contributed by atoms with Crippen LogP contribution in [0.4, 0.5) is 0 Å². The van der Waals surface area contributed by atoms with Crippen molar-refractivity contribution in [1.82, 2.24) is 14.3 Å². The maximum absolute atomic E-state index is 12.3. The number of aryl methyl sites for hydroxylation is 1. The predicted molar refractivity (Wildman–Crippen MR) is 89.4 cm³/mol. The number of aromatic nitrogens is 2. The minimum atomic E-state index is 0.0614. The molecule has 1 saturated carbocycles. The third-order valence-corrected chi connectivity index (χ3v) is 6.33. The summed E-state index contributed by atoms with van der Waals surface area (Å²) >= 11 is 1.56. The van der Waals surface area contributed by atoms with Gasteiger partial charge in [0.1, 0.15) is 0 Å². The second kappa shape index (κ2) is 5.78. The van der Waals surface area contributed by atoms with E-state index in [0.29, 0.717) is 0 Å². The molecule has 2 fully saturated rings. The molecule has 22 heavy (non-hydrogen) atoms. The third-order valence-electron chi connectivity index (χ3n) is 5.39. The van der Waals surface area contributed by atoms with Crippen LogP contribution in [-0.2, 0) is 6.54 Å². The first-order valence-corrected chi connectivity index (χ1v) is 9.28. The molecule has 1 aliphatic heterocycles.